The van der Waals surface area contributed by atoms with Crippen molar-refractivity contribution in [2.75, 3.05) is 6.54 Å². The molecule has 1 heterocycles. The van der Waals surface area contributed by atoms with E-state index < -0.39 is 0 Å². The van der Waals surface area contributed by atoms with E-state index in [4.69, 9.17) is 5.73 Å². The summed E-state index contributed by atoms with van der Waals surface area (Å²) in [6.07, 6.45) is 6.88. The third kappa shape index (κ3) is 3.71. The van der Waals surface area contributed by atoms with Crippen LogP contribution >= 0.6 is 12.4 Å². The Labute approximate surface area is 107 Å². The lowest BCUT2D eigenvalue weighted by atomic mass is 9.82. The first kappa shape index (κ1) is 14.0. The van der Waals surface area contributed by atoms with E-state index in [9.17, 15) is 4.79 Å². The molecule has 96 valence electrons. The Kier molecular flexibility index (Phi) is 4.96. The van der Waals surface area contributed by atoms with E-state index in [2.05, 4.69) is 15.0 Å². The van der Waals surface area contributed by atoms with Crippen LogP contribution in [0.5, 0.6) is 0 Å². The third-order valence-corrected chi connectivity index (χ3v) is 3.12. The smallest absolute Gasteiger partial charge is 0.273 e. The maximum Gasteiger partial charge on any atom is 0.273 e. The van der Waals surface area contributed by atoms with Gasteiger partial charge in [0.1, 0.15) is 6.26 Å². The third-order valence-electron chi connectivity index (χ3n) is 3.12. The van der Waals surface area contributed by atoms with E-state index >= 15 is 0 Å². The summed E-state index contributed by atoms with van der Waals surface area (Å²) in [4.78, 5) is 11.6. The van der Waals surface area contributed by atoms with Gasteiger partial charge in [-0.15, -0.1) is 12.4 Å². The maximum atomic E-state index is 11.6. The molecule has 0 saturated heterocycles. The second kappa shape index (κ2) is 6.02. The van der Waals surface area contributed by atoms with Crippen LogP contribution in [0.15, 0.2) is 16.9 Å². The van der Waals surface area contributed by atoms with Crippen LogP contribution in [0.4, 0.5) is 0 Å². The number of rotatable bonds is 3. The molecular weight excluding hydrogens is 242 g/mol. The molecule has 0 aromatic carbocycles. The van der Waals surface area contributed by atoms with Gasteiger partial charge >= 0.3 is 0 Å². The predicted molar refractivity (Wildman–Crippen MR) is 66.1 cm³/mol. The predicted octanol–water partition coefficient (Wildman–Crippen LogP) is 1.49. The first-order valence-electron chi connectivity index (χ1n) is 5.67. The Morgan fingerprint density at radius 1 is 1.47 bits per heavy atom. The van der Waals surface area contributed by atoms with E-state index in [0.717, 1.165) is 25.7 Å². The van der Waals surface area contributed by atoms with Gasteiger partial charge in [0.25, 0.3) is 5.91 Å². The van der Waals surface area contributed by atoms with Crippen LogP contribution in [0.25, 0.3) is 0 Å². The molecule has 1 aromatic rings. The highest BCUT2D eigenvalue weighted by molar-refractivity contribution is 5.91. The number of carbonyl (C=O) groups is 1. The van der Waals surface area contributed by atoms with Gasteiger partial charge in [-0.3, -0.25) is 4.79 Å². The fraction of sp³-hybridized carbons (Fsp3) is 0.636. The molecule has 5 nitrogen and oxygen atoms in total. The lowest BCUT2D eigenvalue weighted by Crippen LogP contribution is -2.51. The van der Waals surface area contributed by atoms with Crippen molar-refractivity contribution in [2.24, 2.45) is 5.73 Å². The zero-order valence-corrected chi connectivity index (χ0v) is 10.5. The van der Waals surface area contributed by atoms with Gasteiger partial charge in [-0.25, -0.2) is 0 Å². The Morgan fingerprint density at radius 2 is 2.18 bits per heavy atom. The van der Waals surface area contributed by atoms with Crippen LogP contribution in [-0.4, -0.2) is 23.1 Å². The van der Waals surface area contributed by atoms with E-state index in [1.165, 1.54) is 12.7 Å². The molecule has 1 aliphatic carbocycles. The first-order valence-corrected chi connectivity index (χ1v) is 5.67. The second-order valence-electron chi connectivity index (χ2n) is 4.49. The minimum absolute atomic E-state index is 0. The maximum absolute atomic E-state index is 11.6. The molecule has 1 aromatic heterocycles. The molecule has 0 bridgehead atoms. The van der Waals surface area contributed by atoms with E-state index in [1.54, 1.807) is 6.07 Å². The minimum atomic E-state index is -0.238. The fourth-order valence-corrected chi connectivity index (χ4v) is 2.11. The van der Waals surface area contributed by atoms with Crippen molar-refractivity contribution >= 4 is 18.3 Å². The number of halogens is 1. The lowest BCUT2D eigenvalue weighted by Gasteiger charge is -2.33. The van der Waals surface area contributed by atoms with Crippen molar-refractivity contribution < 1.29 is 9.32 Å². The van der Waals surface area contributed by atoms with E-state index in [0.29, 0.717) is 12.2 Å². The monoisotopic (exact) mass is 259 g/mol. The number of aromatic nitrogens is 1. The van der Waals surface area contributed by atoms with E-state index in [1.807, 2.05) is 0 Å². The number of nitrogens with zero attached hydrogens (tertiary/aromatic N) is 1. The largest absolute Gasteiger partial charge is 0.364 e. The molecule has 0 spiro atoms. The Balaban J connectivity index is 0.00000144. The first-order chi connectivity index (χ1) is 7.70. The number of hydrogen-bond acceptors (Lipinski definition) is 4. The van der Waals surface area contributed by atoms with Crippen molar-refractivity contribution in [1.82, 2.24) is 10.5 Å². The molecule has 1 aliphatic rings. The molecule has 0 atom stereocenters. The standard InChI is InChI=1S/C11H17N3O2.ClH/c12-11(5-2-1-3-6-11)8-13-10(15)9-4-7-16-14-9;/h4,7H,1-3,5-6,8,12H2,(H,13,15);1H. The number of carbonyl (C=O) groups excluding carboxylic acids is 1. The van der Waals surface area contributed by atoms with Crippen LogP contribution in [0.2, 0.25) is 0 Å². The quantitative estimate of drug-likeness (QED) is 0.862. The van der Waals surface area contributed by atoms with Crippen LogP contribution in [0.3, 0.4) is 0 Å². The van der Waals surface area contributed by atoms with Gasteiger partial charge in [0.15, 0.2) is 5.69 Å². The molecule has 0 radical (unpaired) electrons. The molecule has 3 N–H and O–H groups in total. The normalized spacial score (nSPS) is 18.2. The van der Waals surface area contributed by atoms with Crippen LogP contribution < -0.4 is 11.1 Å². The lowest BCUT2D eigenvalue weighted by molar-refractivity contribution is 0.0928. The Morgan fingerprint density at radius 3 is 2.76 bits per heavy atom. The number of amides is 1. The summed E-state index contributed by atoms with van der Waals surface area (Å²) < 4.78 is 4.61. The summed E-state index contributed by atoms with van der Waals surface area (Å²) in [5.41, 5.74) is 6.27. The topological polar surface area (TPSA) is 81.1 Å². The zero-order valence-electron chi connectivity index (χ0n) is 9.65. The number of nitrogens with one attached hydrogen (secondary N) is 1. The molecule has 1 saturated carbocycles. The molecule has 17 heavy (non-hydrogen) atoms. The van der Waals surface area contributed by atoms with Gasteiger partial charge < -0.3 is 15.6 Å². The molecule has 6 heteroatoms. The van der Waals surface area contributed by atoms with Gasteiger partial charge in [0.2, 0.25) is 0 Å². The van der Waals surface area contributed by atoms with Gasteiger partial charge in [-0.05, 0) is 12.8 Å². The number of hydrogen-bond donors (Lipinski definition) is 2. The van der Waals surface area contributed by atoms with Crippen LogP contribution in [-0.2, 0) is 0 Å². The second-order valence-corrected chi connectivity index (χ2v) is 4.49. The summed E-state index contributed by atoms with van der Waals surface area (Å²) in [6, 6.07) is 1.54. The number of nitrogens with two attached hydrogens (primary N) is 1. The van der Waals surface area contributed by atoms with Crippen molar-refractivity contribution in [1.29, 1.82) is 0 Å². The van der Waals surface area contributed by atoms with E-state index in [-0.39, 0.29) is 23.9 Å². The molecule has 1 fully saturated rings. The summed E-state index contributed by atoms with van der Waals surface area (Å²) in [5, 5.41) is 6.38. The van der Waals surface area contributed by atoms with Crippen molar-refractivity contribution in [3.8, 4) is 0 Å². The average Bonchev–Trinajstić information content (AvgIpc) is 2.80. The van der Waals surface area contributed by atoms with Gasteiger partial charge in [-0.1, -0.05) is 24.4 Å². The Hall–Kier alpha value is -1.07. The molecule has 1 amide bonds. The van der Waals surface area contributed by atoms with Gasteiger partial charge in [-0.2, -0.15) is 0 Å². The highest BCUT2D eigenvalue weighted by atomic mass is 35.5. The van der Waals surface area contributed by atoms with Gasteiger partial charge in [0.05, 0.1) is 0 Å². The van der Waals surface area contributed by atoms with Gasteiger partial charge in [0, 0.05) is 18.2 Å². The Bertz CT molecular complexity index is 348. The highest BCUT2D eigenvalue weighted by Gasteiger charge is 2.28. The molecule has 0 aliphatic heterocycles. The molecule has 2 rings (SSSR count). The van der Waals surface area contributed by atoms with Crippen molar-refractivity contribution in [3.63, 3.8) is 0 Å². The summed E-state index contributed by atoms with van der Waals surface area (Å²) in [5.74, 6) is -0.218. The average molecular weight is 260 g/mol. The summed E-state index contributed by atoms with van der Waals surface area (Å²) in [7, 11) is 0. The minimum Gasteiger partial charge on any atom is -0.364 e. The highest BCUT2D eigenvalue weighted by Crippen LogP contribution is 2.25. The summed E-state index contributed by atoms with van der Waals surface area (Å²) >= 11 is 0. The zero-order chi connectivity index (χ0) is 11.4. The van der Waals surface area contributed by atoms with Crippen LogP contribution in [0.1, 0.15) is 42.6 Å². The SMILES string of the molecule is Cl.NC1(CNC(=O)c2ccon2)CCCCC1. The summed E-state index contributed by atoms with van der Waals surface area (Å²) in [6.45, 7) is 0.513. The fourth-order valence-electron chi connectivity index (χ4n) is 2.11. The molecular formula is C11H18ClN3O2. The molecule has 0 unspecified atom stereocenters. The van der Waals surface area contributed by atoms with Crippen molar-refractivity contribution in [2.45, 2.75) is 37.6 Å². The van der Waals surface area contributed by atoms with Crippen molar-refractivity contribution in [3.05, 3.63) is 18.0 Å². The van der Waals surface area contributed by atoms with Crippen LogP contribution in [0, 0.1) is 0 Å².